The first kappa shape index (κ1) is 18.3. The van der Waals surface area contributed by atoms with Crippen molar-refractivity contribution in [3.8, 4) is 0 Å². The van der Waals surface area contributed by atoms with Crippen LogP contribution in [-0.2, 0) is 24.0 Å². The number of esters is 1. The molecule has 1 saturated carbocycles. The molecule has 0 aromatic heterocycles. The smallest absolute Gasteiger partial charge is 0.309 e. The van der Waals surface area contributed by atoms with Crippen LogP contribution in [0.2, 0.25) is 0 Å². The lowest BCUT2D eigenvalue weighted by molar-refractivity contribution is -0.257. The van der Waals surface area contributed by atoms with Gasteiger partial charge in [-0.3, -0.25) is 19.6 Å². The Kier molecular flexibility index (Phi) is 6.72. The van der Waals surface area contributed by atoms with Crippen molar-refractivity contribution >= 4 is 17.9 Å². The molecule has 9 heteroatoms. The molecule has 4 N–H and O–H groups in total. The van der Waals surface area contributed by atoms with Crippen LogP contribution >= 0.6 is 0 Å². The molecule has 0 aromatic rings. The SMILES string of the molecule is CC(CO)OC(=O)C1CC(C(=O)O)C(C(=O)O)CC1COO. The second-order valence-corrected chi connectivity index (χ2v) is 5.45. The van der Waals surface area contributed by atoms with Gasteiger partial charge >= 0.3 is 17.9 Å². The molecule has 0 saturated heterocycles. The molecule has 9 nitrogen and oxygen atoms in total. The summed E-state index contributed by atoms with van der Waals surface area (Å²) >= 11 is 0. The van der Waals surface area contributed by atoms with Crippen LogP contribution in [0.3, 0.4) is 0 Å². The van der Waals surface area contributed by atoms with E-state index in [1.165, 1.54) is 6.92 Å². The van der Waals surface area contributed by atoms with Crippen molar-refractivity contribution in [2.24, 2.45) is 23.7 Å². The van der Waals surface area contributed by atoms with E-state index >= 15 is 0 Å². The van der Waals surface area contributed by atoms with Crippen LogP contribution in [-0.4, -0.2) is 57.8 Å². The molecular weight excluding hydrogens is 300 g/mol. The number of aliphatic hydroxyl groups is 1. The van der Waals surface area contributed by atoms with Gasteiger partial charge in [0.25, 0.3) is 0 Å². The maximum Gasteiger partial charge on any atom is 0.309 e. The van der Waals surface area contributed by atoms with E-state index in [-0.39, 0.29) is 26.1 Å². The molecule has 5 unspecified atom stereocenters. The first-order valence-electron chi connectivity index (χ1n) is 6.85. The van der Waals surface area contributed by atoms with Crippen LogP contribution < -0.4 is 0 Å². The van der Waals surface area contributed by atoms with Gasteiger partial charge in [0.1, 0.15) is 6.10 Å². The molecule has 0 aliphatic heterocycles. The van der Waals surface area contributed by atoms with Crippen molar-refractivity contribution in [1.29, 1.82) is 0 Å². The average molecular weight is 320 g/mol. The molecule has 1 fully saturated rings. The van der Waals surface area contributed by atoms with Crippen LogP contribution in [0.5, 0.6) is 0 Å². The van der Waals surface area contributed by atoms with Gasteiger partial charge in [-0.1, -0.05) is 0 Å². The molecular formula is C13H20O9. The average Bonchev–Trinajstić information content (AvgIpc) is 2.46. The maximum atomic E-state index is 12.1. The highest BCUT2D eigenvalue weighted by Crippen LogP contribution is 2.39. The minimum atomic E-state index is -1.30. The van der Waals surface area contributed by atoms with Crippen LogP contribution in [0.4, 0.5) is 0 Å². The van der Waals surface area contributed by atoms with E-state index in [1.54, 1.807) is 0 Å². The van der Waals surface area contributed by atoms with Crippen LogP contribution in [0.15, 0.2) is 0 Å². The van der Waals surface area contributed by atoms with Crippen LogP contribution in [0.25, 0.3) is 0 Å². The number of rotatable bonds is 7. The third kappa shape index (κ3) is 4.39. The van der Waals surface area contributed by atoms with Gasteiger partial charge in [-0.05, 0) is 25.7 Å². The summed E-state index contributed by atoms with van der Waals surface area (Å²) in [5, 5.41) is 35.8. The van der Waals surface area contributed by atoms with Crippen molar-refractivity contribution in [1.82, 2.24) is 0 Å². The lowest BCUT2D eigenvalue weighted by Crippen LogP contribution is -2.44. The van der Waals surface area contributed by atoms with Crippen molar-refractivity contribution in [3.05, 3.63) is 0 Å². The highest BCUT2D eigenvalue weighted by molar-refractivity contribution is 5.82. The van der Waals surface area contributed by atoms with E-state index in [0.29, 0.717) is 0 Å². The Morgan fingerprint density at radius 3 is 2.09 bits per heavy atom. The Labute approximate surface area is 126 Å². The first-order chi connectivity index (χ1) is 10.3. The second-order valence-electron chi connectivity index (χ2n) is 5.45. The number of aliphatic hydroxyl groups excluding tert-OH is 1. The molecule has 0 spiro atoms. The van der Waals surface area contributed by atoms with E-state index in [4.69, 9.17) is 25.3 Å². The molecule has 22 heavy (non-hydrogen) atoms. The predicted octanol–water partition coefficient (Wildman–Crippen LogP) is -0.172. The van der Waals surface area contributed by atoms with Gasteiger partial charge in [-0.15, -0.1) is 0 Å². The second kappa shape index (κ2) is 8.06. The van der Waals surface area contributed by atoms with Crippen molar-refractivity contribution in [3.63, 3.8) is 0 Å². The van der Waals surface area contributed by atoms with Crippen LogP contribution in [0.1, 0.15) is 19.8 Å². The summed E-state index contributed by atoms with van der Waals surface area (Å²) in [6.45, 7) is 0.774. The quantitative estimate of drug-likeness (QED) is 0.284. The lowest BCUT2D eigenvalue weighted by Gasteiger charge is -2.36. The topological polar surface area (TPSA) is 151 Å². The van der Waals surface area contributed by atoms with E-state index in [0.717, 1.165) is 0 Å². The number of hydrogen-bond acceptors (Lipinski definition) is 7. The van der Waals surface area contributed by atoms with Crippen LogP contribution in [0, 0.1) is 23.7 Å². The number of carboxylic acids is 2. The molecule has 5 atom stereocenters. The number of aliphatic carboxylic acids is 2. The Balaban J connectivity index is 2.95. The van der Waals surface area contributed by atoms with Crippen molar-refractivity contribution in [2.45, 2.75) is 25.9 Å². The van der Waals surface area contributed by atoms with E-state index in [9.17, 15) is 14.4 Å². The van der Waals surface area contributed by atoms with Gasteiger partial charge in [0.15, 0.2) is 0 Å². The van der Waals surface area contributed by atoms with E-state index < -0.39 is 47.7 Å². The first-order valence-corrected chi connectivity index (χ1v) is 6.85. The van der Waals surface area contributed by atoms with Gasteiger partial charge in [0.2, 0.25) is 0 Å². The standard InChI is InChI=1S/C13H20O9/c1-6(4-14)22-13(19)8-3-10(12(17)18)9(11(15)16)2-7(8)5-21-20/h6-10,14,20H,2-5H2,1H3,(H,15,16)(H,17,18). The molecule has 1 aliphatic carbocycles. The zero-order chi connectivity index (χ0) is 16.9. The Bertz CT molecular complexity index is 422. The minimum absolute atomic E-state index is 0.125. The summed E-state index contributed by atoms with van der Waals surface area (Å²) in [6.07, 6.45) is -1.11. The monoisotopic (exact) mass is 320 g/mol. The molecule has 1 aliphatic rings. The normalized spacial score (nSPS) is 29.6. The fourth-order valence-electron chi connectivity index (χ4n) is 2.72. The zero-order valence-corrected chi connectivity index (χ0v) is 12.0. The molecule has 0 amide bonds. The molecule has 0 radical (unpaired) electrons. The van der Waals surface area contributed by atoms with Gasteiger partial charge in [-0.2, -0.15) is 0 Å². The van der Waals surface area contributed by atoms with Crippen molar-refractivity contribution < 1.29 is 44.6 Å². The highest BCUT2D eigenvalue weighted by Gasteiger charge is 2.47. The Morgan fingerprint density at radius 2 is 1.64 bits per heavy atom. The summed E-state index contributed by atoms with van der Waals surface area (Å²) in [4.78, 5) is 38.6. The molecule has 1 rings (SSSR count). The molecule has 0 bridgehead atoms. The number of carboxylic acid groups (broad SMARTS) is 2. The Morgan fingerprint density at radius 1 is 1.09 bits per heavy atom. The van der Waals surface area contributed by atoms with Gasteiger partial charge in [-0.25, -0.2) is 4.89 Å². The molecule has 126 valence electrons. The fraction of sp³-hybridized carbons (Fsp3) is 0.769. The lowest BCUT2D eigenvalue weighted by atomic mass is 9.68. The van der Waals surface area contributed by atoms with E-state index in [1.807, 2.05) is 0 Å². The summed E-state index contributed by atoms with van der Waals surface area (Å²) in [5.74, 6) is -7.31. The van der Waals surface area contributed by atoms with Crippen molar-refractivity contribution in [2.75, 3.05) is 13.2 Å². The maximum absolute atomic E-state index is 12.1. The molecule has 0 aromatic carbocycles. The largest absolute Gasteiger partial charge is 0.481 e. The summed E-state index contributed by atoms with van der Waals surface area (Å²) in [7, 11) is 0. The Hall–Kier alpha value is -1.71. The number of ether oxygens (including phenoxy) is 1. The molecule has 0 heterocycles. The highest BCUT2D eigenvalue weighted by atomic mass is 17.1. The third-order valence-corrected chi connectivity index (χ3v) is 3.92. The number of carbonyl (C=O) groups is 3. The number of hydrogen-bond donors (Lipinski definition) is 4. The zero-order valence-electron chi connectivity index (χ0n) is 12.0. The minimum Gasteiger partial charge on any atom is -0.481 e. The number of carbonyl (C=O) groups excluding carboxylic acids is 1. The van der Waals surface area contributed by atoms with Gasteiger partial charge < -0.3 is 20.1 Å². The summed E-state index contributed by atoms with van der Waals surface area (Å²) in [5.41, 5.74) is 0. The predicted molar refractivity (Wildman–Crippen MR) is 69.7 cm³/mol. The third-order valence-electron chi connectivity index (χ3n) is 3.92. The van der Waals surface area contributed by atoms with Gasteiger partial charge in [0, 0.05) is 0 Å². The summed E-state index contributed by atoms with van der Waals surface area (Å²) in [6, 6.07) is 0. The van der Waals surface area contributed by atoms with E-state index in [2.05, 4.69) is 4.89 Å². The summed E-state index contributed by atoms with van der Waals surface area (Å²) < 4.78 is 4.97. The fourth-order valence-corrected chi connectivity index (χ4v) is 2.72. The van der Waals surface area contributed by atoms with Gasteiger partial charge in [0.05, 0.1) is 31.0 Å².